The molecule has 3 nitrogen and oxygen atoms in total. The van der Waals surface area contributed by atoms with E-state index in [0.29, 0.717) is 0 Å². The zero-order valence-electron chi connectivity index (χ0n) is 20.4. The fraction of sp³-hybridized carbons (Fsp3) is 0.281. The largest absolute Gasteiger partial charge is 0.392 e. The number of aliphatic hydroxyl groups is 1. The third kappa shape index (κ3) is 4.10. The summed E-state index contributed by atoms with van der Waals surface area (Å²) in [6, 6.07) is 27.6. The zero-order valence-corrected chi connectivity index (χ0v) is 20.4. The van der Waals surface area contributed by atoms with Crippen LogP contribution in [0.3, 0.4) is 0 Å². The van der Waals surface area contributed by atoms with Gasteiger partial charge in [-0.15, -0.1) is 0 Å². The molecule has 0 bridgehead atoms. The molecule has 2 aliphatic rings. The first-order valence-electron chi connectivity index (χ1n) is 12.9. The lowest BCUT2D eigenvalue weighted by Crippen LogP contribution is -2.54. The van der Waals surface area contributed by atoms with Gasteiger partial charge in [0.1, 0.15) is 5.82 Å². The average molecular weight is 479 g/mol. The van der Waals surface area contributed by atoms with E-state index in [4.69, 9.17) is 0 Å². The van der Waals surface area contributed by atoms with Crippen molar-refractivity contribution in [1.82, 2.24) is 9.78 Å². The Morgan fingerprint density at radius 3 is 2.14 bits per heavy atom. The van der Waals surface area contributed by atoms with Gasteiger partial charge in [-0.25, -0.2) is 9.07 Å². The number of rotatable bonds is 5. The molecule has 36 heavy (non-hydrogen) atoms. The molecule has 4 aromatic rings. The Kier molecular flexibility index (Phi) is 5.85. The second-order valence-electron chi connectivity index (χ2n) is 10.6. The van der Waals surface area contributed by atoms with E-state index >= 15 is 0 Å². The first-order valence-corrected chi connectivity index (χ1v) is 12.9. The maximum atomic E-state index is 13.5. The minimum Gasteiger partial charge on any atom is -0.392 e. The summed E-state index contributed by atoms with van der Waals surface area (Å²) in [7, 11) is 0. The molecule has 1 aromatic heterocycles. The van der Waals surface area contributed by atoms with E-state index in [-0.39, 0.29) is 16.6 Å². The number of hydrogen-bond donors (Lipinski definition) is 1. The average Bonchev–Trinajstić information content (AvgIpc) is 3.32. The molecule has 1 heterocycles. The maximum Gasteiger partial charge on any atom is 0.123 e. The van der Waals surface area contributed by atoms with Crippen molar-refractivity contribution in [1.29, 1.82) is 0 Å². The highest BCUT2D eigenvalue weighted by atomic mass is 19.1. The zero-order chi connectivity index (χ0) is 24.6. The number of hydrogen-bond acceptors (Lipinski definition) is 2. The van der Waals surface area contributed by atoms with Crippen LogP contribution in [0.2, 0.25) is 0 Å². The number of fused-ring (bicyclic) bond motifs is 1. The van der Waals surface area contributed by atoms with Crippen molar-refractivity contribution >= 4 is 6.08 Å². The van der Waals surface area contributed by atoms with Crippen molar-refractivity contribution in [3.05, 3.63) is 125 Å². The van der Waals surface area contributed by atoms with Crippen LogP contribution in [0.25, 0.3) is 11.8 Å². The van der Waals surface area contributed by atoms with Gasteiger partial charge in [-0.1, -0.05) is 73.2 Å². The van der Waals surface area contributed by atoms with Crippen LogP contribution in [0, 0.1) is 16.6 Å². The van der Waals surface area contributed by atoms with Gasteiger partial charge < -0.3 is 5.11 Å². The molecule has 2 atom stereocenters. The van der Waals surface area contributed by atoms with Gasteiger partial charge in [-0.2, -0.15) is 5.10 Å². The van der Waals surface area contributed by atoms with Gasteiger partial charge in [-0.05, 0) is 79.1 Å². The first-order chi connectivity index (χ1) is 17.6. The fourth-order valence-electron chi connectivity index (χ4n) is 6.60. The molecular formula is C32H31FN2O. The van der Waals surface area contributed by atoms with Crippen LogP contribution in [0.4, 0.5) is 4.39 Å². The summed E-state index contributed by atoms with van der Waals surface area (Å²) >= 11 is 0. The highest BCUT2D eigenvalue weighted by Gasteiger charge is 2.52. The van der Waals surface area contributed by atoms with Gasteiger partial charge in [0.2, 0.25) is 0 Å². The summed E-state index contributed by atoms with van der Waals surface area (Å²) in [5.74, 6) is -0.257. The van der Waals surface area contributed by atoms with Crippen LogP contribution in [0.1, 0.15) is 41.6 Å². The molecule has 0 saturated heterocycles. The summed E-state index contributed by atoms with van der Waals surface area (Å²) in [6.45, 7) is 0. The molecule has 182 valence electrons. The lowest BCUT2D eigenvalue weighted by atomic mass is 9.54. The number of aromatic nitrogens is 2. The summed E-state index contributed by atoms with van der Waals surface area (Å²) in [6.07, 6.45) is 11.3. The molecule has 0 unspecified atom stereocenters. The molecule has 1 fully saturated rings. The van der Waals surface area contributed by atoms with Crippen LogP contribution in [0.15, 0.2) is 97.2 Å². The van der Waals surface area contributed by atoms with E-state index in [1.54, 1.807) is 12.1 Å². The normalized spacial score (nSPS) is 22.4. The SMILES string of the molecule is O[C@H]1C(Cc2ccccc2)(Cc2ccccc2)CCC[C@]12C=Cc1c(cnn1-c1ccc(F)cc1)C2. The van der Waals surface area contributed by atoms with Gasteiger partial charge in [0, 0.05) is 10.8 Å². The topological polar surface area (TPSA) is 38.1 Å². The monoisotopic (exact) mass is 478 g/mol. The number of aliphatic hydroxyl groups excluding tert-OH is 1. The molecule has 2 aliphatic carbocycles. The summed E-state index contributed by atoms with van der Waals surface area (Å²) < 4.78 is 15.3. The van der Waals surface area contributed by atoms with E-state index in [0.717, 1.165) is 55.5 Å². The van der Waals surface area contributed by atoms with Gasteiger partial charge >= 0.3 is 0 Å². The van der Waals surface area contributed by atoms with E-state index in [1.807, 2.05) is 10.9 Å². The number of halogens is 1. The molecular weight excluding hydrogens is 447 g/mol. The van der Waals surface area contributed by atoms with Crippen molar-refractivity contribution in [2.24, 2.45) is 10.8 Å². The molecule has 1 spiro atoms. The predicted molar refractivity (Wildman–Crippen MR) is 141 cm³/mol. The predicted octanol–water partition coefficient (Wildman–Crippen LogP) is 6.58. The molecule has 1 N–H and O–H groups in total. The number of benzene rings is 3. The molecule has 0 radical (unpaired) electrons. The van der Waals surface area contributed by atoms with E-state index < -0.39 is 6.10 Å². The Morgan fingerprint density at radius 2 is 1.50 bits per heavy atom. The Hall–Kier alpha value is -3.50. The molecule has 0 amide bonds. The highest BCUT2D eigenvalue weighted by molar-refractivity contribution is 5.57. The first kappa shape index (κ1) is 22.9. The summed E-state index contributed by atoms with van der Waals surface area (Å²) in [4.78, 5) is 0. The van der Waals surface area contributed by atoms with Crippen molar-refractivity contribution in [2.75, 3.05) is 0 Å². The van der Waals surface area contributed by atoms with Crippen LogP contribution >= 0.6 is 0 Å². The van der Waals surface area contributed by atoms with Crippen LogP contribution in [-0.2, 0) is 19.3 Å². The number of nitrogens with zero attached hydrogens (tertiary/aromatic N) is 2. The Balaban J connectivity index is 1.36. The molecule has 4 heteroatoms. The van der Waals surface area contributed by atoms with Gasteiger partial charge in [0.25, 0.3) is 0 Å². The van der Waals surface area contributed by atoms with Crippen molar-refractivity contribution in [2.45, 2.75) is 44.6 Å². The van der Waals surface area contributed by atoms with Gasteiger partial charge in [0.05, 0.1) is 23.7 Å². The second-order valence-corrected chi connectivity index (χ2v) is 10.6. The standard InChI is InChI=1S/C32H31FN2O/c33-27-12-14-28(15-13-27)35-29-16-19-31(22-26(29)23-34-35)17-7-18-32(30(31)36,20-24-8-3-1-4-9-24)21-25-10-5-2-6-11-25/h1-6,8-16,19,23,30,36H,7,17-18,20-22H2/t30-,31-/m1/s1. The van der Waals surface area contributed by atoms with Crippen LogP contribution < -0.4 is 0 Å². The van der Waals surface area contributed by atoms with Crippen LogP contribution in [-0.4, -0.2) is 21.0 Å². The minimum atomic E-state index is -0.488. The second kappa shape index (κ2) is 9.18. The third-order valence-electron chi connectivity index (χ3n) is 8.29. The van der Waals surface area contributed by atoms with Crippen molar-refractivity contribution < 1.29 is 9.50 Å². The quantitative estimate of drug-likeness (QED) is 0.352. The molecule has 6 rings (SSSR count). The highest BCUT2D eigenvalue weighted by Crippen LogP contribution is 2.54. The Bertz CT molecular complexity index is 1320. The lowest BCUT2D eigenvalue weighted by molar-refractivity contribution is -0.0877. The Labute approximate surface area is 211 Å². The van der Waals surface area contributed by atoms with E-state index in [1.165, 1.54) is 23.3 Å². The smallest absolute Gasteiger partial charge is 0.123 e. The molecule has 1 saturated carbocycles. The van der Waals surface area contributed by atoms with Crippen molar-refractivity contribution in [3.63, 3.8) is 0 Å². The summed E-state index contributed by atoms with van der Waals surface area (Å²) in [5.41, 5.74) is 4.95. The fourth-order valence-corrected chi connectivity index (χ4v) is 6.60. The van der Waals surface area contributed by atoms with Gasteiger partial charge in [0.15, 0.2) is 0 Å². The van der Waals surface area contributed by atoms with Crippen LogP contribution in [0.5, 0.6) is 0 Å². The third-order valence-corrected chi connectivity index (χ3v) is 8.29. The van der Waals surface area contributed by atoms with E-state index in [9.17, 15) is 9.50 Å². The summed E-state index contributed by atoms with van der Waals surface area (Å²) in [5, 5.41) is 16.9. The molecule has 0 aliphatic heterocycles. The lowest BCUT2D eigenvalue weighted by Gasteiger charge is -2.53. The Morgan fingerprint density at radius 1 is 0.861 bits per heavy atom. The van der Waals surface area contributed by atoms with Crippen molar-refractivity contribution in [3.8, 4) is 5.69 Å². The van der Waals surface area contributed by atoms with E-state index in [2.05, 4.69) is 77.9 Å². The van der Waals surface area contributed by atoms with Gasteiger partial charge in [-0.3, -0.25) is 0 Å². The molecule has 3 aromatic carbocycles. The minimum absolute atomic E-state index is 0.254. The maximum absolute atomic E-state index is 13.5.